The van der Waals surface area contributed by atoms with E-state index in [-0.39, 0.29) is 16.1 Å². The van der Waals surface area contributed by atoms with Crippen LogP contribution in [-0.4, -0.2) is 28.6 Å². The van der Waals surface area contributed by atoms with Crippen LogP contribution in [0.1, 0.15) is 32.2 Å². The zero-order valence-electron chi connectivity index (χ0n) is 11.0. The van der Waals surface area contributed by atoms with Gasteiger partial charge in [-0.3, -0.25) is 4.79 Å². The predicted octanol–water partition coefficient (Wildman–Crippen LogP) is 3.00. The van der Waals surface area contributed by atoms with Crippen LogP contribution >= 0.6 is 11.6 Å². The monoisotopic (exact) mass is 304 g/mol. The van der Waals surface area contributed by atoms with Gasteiger partial charge in [0.25, 0.3) is 0 Å². The van der Waals surface area contributed by atoms with E-state index in [0.29, 0.717) is 5.56 Å². The Morgan fingerprint density at radius 2 is 1.71 bits per heavy atom. The summed E-state index contributed by atoms with van der Waals surface area (Å²) in [4.78, 5) is 23.9. The summed E-state index contributed by atoms with van der Waals surface area (Å²) in [6.07, 6.45) is 0. The standard InChI is InChI=1S/C16H13ClO4/c17-13-8-4-7-11(16(20)21)14(13)15(19)12(9-18)10-5-2-1-3-6-10/h1-8,12,18H,9H2,(H,20,21). The maximum atomic E-state index is 12.6. The first kappa shape index (κ1) is 15.2. The van der Waals surface area contributed by atoms with Crippen LogP contribution < -0.4 is 0 Å². The Morgan fingerprint density at radius 3 is 2.29 bits per heavy atom. The largest absolute Gasteiger partial charge is 0.478 e. The molecule has 0 saturated carbocycles. The van der Waals surface area contributed by atoms with Crippen molar-refractivity contribution in [2.75, 3.05) is 6.61 Å². The minimum Gasteiger partial charge on any atom is -0.478 e. The van der Waals surface area contributed by atoms with Crippen LogP contribution in [0.2, 0.25) is 5.02 Å². The van der Waals surface area contributed by atoms with E-state index in [4.69, 9.17) is 11.6 Å². The van der Waals surface area contributed by atoms with Gasteiger partial charge in [-0.2, -0.15) is 0 Å². The molecule has 1 atom stereocenters. The van der Waals surface area contributed by atoms with Gasteiger partial charge in [0.15, 0.2) is 5.78 Å². The first-order chi connectivity index (χ1) is 10.1. The molecule has 2 N–H and O–H groups in total. The molecule has 21 heavy (non-hydrogen) atoms. The first-order valence-electron chi connectivity index (χ1n) is 6.28. The molecule has 0 saturated heterocycles. The Labute approximate surface area is 126 Å². The van der Waals surface area contributed by atoms with E-state index in [2.05, 4.69) is 0 Å². The Kier molecular flexibility index (Phi) is 4.73. The van der Waals surface area contributed by atoms with Gasteiger partial charge in [-0.25, -0.2) is 4.79 Å². The molecule has 0 fully saturated rings. The van der Waals surface area contributed by atoms with E-state index in [1.165, 1.54) is 18.2 Å². The summed E-state index contributed by atoms with van der Waals surface area (Å²) >= 11 is 5.99. The van der Waals surface area contributed by atoms with Gasteiger partial charge in [-0.1, -0.05) is 48.0 Å². The van der Waals surface area contributed by atoms with E-state index >= 15 is 0 Å². The number of carboxylic acids is 1. The van der Waals surface area contributed by atoms with Crippen molar-refractivity contribution >= 4 is 23.4 Å². The lowest BCUT2D eigenvalue weighted by Gasteiger charge is -2.16. The number of benzene rings is 2. The highest BCUT2D eigenvalue weighted by Crippen LogP contribution is 2.27. The number of carboxylic acid groups (broad SMARTS) is 1. The van der Waals surface area contributed by atoms with E-state index < -0.39 is 24.3 Å². The number of aliphatic hydroxyl groups excluding tert-OH is 1. The molecule has 4 nitrogen and oxygen atoms in total. The first-order valence-corrected chi connectivity index (χ1v) is 6.66. The van der Waals surface area contributed by atoms with Gasteiger partial charge >= 0.3 is 5.97 Å². The highest BCUT2D eigenvalue weighted by Gasteiger charge is 2.27. The number of carbonyl (C=O) groups excluding carboxylic acids is 1. The van der Waals surface area contributed by atoms with Gasteiger partial charge in [0.1, 0.15) is 0 Å². The number of aliphatic hydroxyl groups is 1. The highest BCUT2D eigenvalue weighted by atomic mass is 35.5. The summed E-state index contributed by atoms with van der Waals surface area (Å²) in [6.45, 7) is -0.423. The molecule has 0 heterocycles. The molecule has 1 unspecified atom stereocenters. The second-order valence-corrected chi connectivity index (χ2v) is 4.88. The molecule has 0 bridgehead atoms. The molecule has 0 aliphatic carbocycles. The number of carbonyl (C=O) groups is 2. The van der Waals surface area contributed by atoms with E-state index in [9.17, 15) is 19.8 Å². The normalized spacial score (nSPS) is 11.9. The summed E-state index contributed by atoms with van der Waals surface area (Å²) in [7, 11) is 0. The van der Waals surface area contributed by atoms with Crippen molar-refractivity contribution in [2.24, 2.45) is 0 Å². The van der Waals surface area contributed by atoms with Gasteiger partial charge < -0.3 is 10.2 Å². The van der Waals surface area contributed by atoms with Crippen molar-refractivity contribution in [1.29, 1.82) is 0 Å². The van der Waals surface area contributed by atoms with E-state index in [0.717, 1.165) is 0 Å². The summed E-state index contributed by atoms with van der Waals surface area (Å²) < 4.78 is 0. The van der Waals surface area contributed by atoms with Crippen molar-refractivity contribution in [3.63, 3.8) is 0 Å². The summed E-state index contributed by atoms with van der Waals surface area (Å²) in [5, 5.41) is 18.8. The smallest absolute Gasteiger partial charge is 0.336 e. The van der Waals surface area contributed by atoms with Gasteiger partial charge in [-0.15, -0.1) is 0 Å². The Hall–Kier alpha value is -2.17. The second-order valence-electron chi connectivity index (χ2n) is 4.48. The van der Waals surface area contributed by atoms with Crippen molar-refractivity contribution in [3.05, 3.63) is 70.2 Å². The summed E-state index contributed by atoms with van der Waals surface area (Å²) in [5.41, 5.74) is 0.373. The number of hydrogen-bond donors (Lipinski definition) is 2. The van der Waals surface area contributed by atoms with E-state index in [1.54, 1.807) is 30.3 Å². The molecule has 5 heteroatoms. The van der Waals surface area contributed by atoms with Crippen LogP contribution in [0.15, 0.2) is 48.5 Å². The van der Waals surface area contributed by atoms with Gasteiger partial charge in [-0.05, 0) is 17.7 Å². The molecule has 2 rings (SSSR count). The Morgan fingerprint density at radius 1 is 1.05 bits per heavy atom. The Bertz CT molecular complexity index is 667. The van der Waals surface area contributed by atoms with Crippen molar-refractivity contribution in [2.45, 2.75) is 5.92 Å². The lowest BCUT2D eigenvalue weighted by molar-refractivity contribution is 0.0690. The number of rotatable bonds is 5. The number of halogens is 1. The van der Waals surface area contributed by atoms with Gasteiger partial charge in [0.2, 0.25) is 0 Å². The van der Waals surface area contributed by atoms with Crippen molar-refractivity contribution in [1.82, 2.24) is 0 Å². The molecule has 0 aliphatic rings. The third-order valence-electron chi connectivity index (χ3n) is 3.19. The van der Waals surface area contributed by atoms with Crippen LogP contribution in [0, 0.1) is 0 Å². The fraction of sp³-hybridized carbons (Fsp3) is 0.125. The minimum atomic E-state index is -1.23. The second kappa shape index (κ2) is 6.52. The number of hydrogen-bond acceptors (Lipinski definition) is 3. The maximum Gasteiger partial charge on any atom is 0.336 e. The highest BCUT2D eigenvalue weighted by molar-refractivity contribution is 6.35. The fourth-order valence-corrected chi connectivity index (χ4v) is 2.42. The molecule has 108 valence electrons. The van der Waals surface area contributed by atoms with Crippen LogP contribution in [0.3, 0.4) is 0 Å². The summed E-state index contributed by atoms with van der Waals surface area (Å²) in [5.74, 6) is -2.58. The molecule has 2 aromatic rings. The predicted molar refractivity (Wildman–Crippen MR) is 79.0 cm³/mol. The lowest BCUT2D eigenvalue weighted by atomic mass is 9.89. The third kappa shape index (κ3) is 3.12. The molecular formula is C16H13ClO4. The molecular weight excluding hydrogens is 292 g/mol. The lowest BCUT2D eigenvalue weighted by Crippen LogP contribution is -2.20. The van der Waals surface area contributed by atoms with Gasteiger partial charge in [0, 0.05) is 0 Å². The van der Waals surface area contributed by atoms with E-state index in [1.807, 2.05) is 0 Å². The zero-order valence-corrected chi connectivity index (χ0v) is 11.7. The third-order valence-corrected chi connectivity index (χ3v) is 3.51. The number of ketones is 1. The molecule has 0 aromatic heterocycles. The minimum absolute atomic E-state index is 0.0641. The van der Waals surface area contributed by atoms with Crippen molar-refractivity contribution in [3.8, 4) is 0 Å². The van der Waals surface area contributed by atoms with Crippen LogP contribution in [0.5, 0.6) is 0 Å². The molecule has 0 amide bonds. The molecule has 2 aromatic carbocycles. The Balaban J connectivity index is 2.51. The number of aromatic carboxylic acids is 1. The molecule has 0 aliphatic heterocycles. The van der Waals surface area contributed by atoms with Crippen LogP contribution in [0.4, 0.5) is 0 Å². The quantitative estimate of drug-likeness (QED) is 0.833. The maximum absolute atomic E-state index is 12.6. The topological polar surface area (TPSA) is 74.6 Å². The number of Topliss-reactive ketones (excluding diaryl/α,β-unsaturated/α-hetero) is 1. The zero-order chi connectivity index (χ0) is 15.4. The average molecular weight is 305 g/mol. The fourth-order valence-electron chi connectivity index (χ4n) is 2.15. The summed E-state index contributed by atoms with van der Waals surface area (Å²) in [6, 6.07) is 12.9. The van der Waals surface area contributed by atoms with Gasteiger partial charge in [0.05, 0.1) is 28.7 Å². The van der Waals surface area contributed by atoms with Crippen LogP contribution in [-0.2, 0) is 0 Å². The van der Waals surface area contributed by atoms with Crippen LogP contribution in [0.25, 0.3) is 0 Å². The molecule has 0 spiro atoms. The average Bonchev–Trinajstić information content (AvgIpc) is 2.48. The SMILES string of the molecule is O=C(O)c1cccc(Cl)c1C(=O)C(CO)c1ccccc1. The van der Waals surface area contributed by atoms with Crippen molar-refractivity contribution < 1.29 is 19.8 Å². The molecule has 0 radical (unpaired) electrons.